The quantitative estimate of drug-likeness (QED) is 0.127. The maximum absolute atomic E-state index is 5.51. The van der Waals surface area contributed by atoms with Gasteiger partial charge in [-0.15, -0.1) is 0 Å². The molecule has 336 valence electrons. The zero-order chi connectivity index (χ0) is 47.8. The van der Waals surface area contributed by atoms with E-state index in [0.717, 1.165) is 27.7 Å². The van der Waals surface area contributed by atoms with Gasteiger partial charge in [0.2, 0.25) is 0 Å². The molecule has 0 saturated carbocycles. The molecule has 13 aromatic carbocycles. The van der Waals surface area contributed by atoms with Crippen molar-refractivity contribution in [1.29, 1.82) is 0 Å². The topological polar surface area (TPSA) is 12.9 Å². The van der Waals surface area contributed by atoms with Crippen LogP contribution in [0.15, 0.2) is 261 Å². The first kappa shape index (κ1) is 40.3. The predicted molar refractivity (Wildman–Crippen MR) is 307 cm³/mol. The van der Waals surface area contributed by atoms with Gasteiger partial charge in [0.1, 0.15) is 0 Å². The van der Waals surface area contributed by atoms with Gasteiger partial charge in [0.25, 0.3) is 0 Å². The van der Waals surface area contributed by atoms with E-state index < -0.39 is 5.41 Å². The number of fused-ring (bicyclic) bond motifs is 17. The van der Waals surface area contributed by atoms with Crippen LogP contribution in [-0.2, 0) is 5.41 Å². The third kappa shape index (κ3) is 5.71. The number of pyridine rings is 1. The second-order valence-corrected chi connectivity index (χ2v) is 20.1. The summed E-state index contributed by atoms with van der Waals surface area (Å²) in [5, 5.41) is 13.5. The Morgan fingerprint density at radius 1 is 0.233 bits per heavy atom. The second kappa shape index (κ2) is 15.3. The fourth-order valence-electron chi connectivity index (χ4n) is 13.2. The molecule has 14 aromatic rings. The SMILES string of the molecule is c1ccc2c(c1)-c1ccccc1C21c2ccccc2-c2cc3c(-c4ccc(-c5ccc6c(-c7ccc8ccccc8c7)c7ccccc7c(-c7ccc8ccccc8c7)c6c5)cc4)nc4ccccc4c3cc21. The van der Waals surface area contributed by atoms with Gasteiger partial charge in [-0.2, -0.15) is 0 Å². The molecule has 1 spiro atoms. The van der Waals surface area contributed by atoms with Crippen molar-refractivity contribution in [3.05, 3.63) is 283 Å². The molecule has 0 amide bonds. The Kier molecular flexibility index (Phi) is 8.44. The molecule has 2 aliphatic carbocycles. The van der Waals surface area contributed by atoms with Crippen LogP contribution in [0.4, 0.5) is 0 Å². The zero-order valence-corrected chi connectivity index (χ0v) is 39.8. The molecular weight excluding hydrogens is 879 g/mol. The standard InChI is InChI=1S/C72H43N/c1-3-17-48-39-51(35-31-44(48)15-1)69-57-23-5-6-24-58(57)70(52-36-32-45-16-2-4-18-49(45)40-52)62-41-50(37-38-59(62)69)46-29-33-47(34-30-46)71-63-42-61-55-21-9-13-27-66(55)72(67(61)43-60(63)56-22-10-14-28-68(56)73-71)64-25-11-7-19-53(64)54-20-8-12-26-65(54)72/h1-43H. The minimum absolute atomic E-state index is 0.421. The van der Waals surface area contributed by atoms with E-state index in [1.807, 2.05) is 0 Å². The highest BCUT2D eigenvalue weighted by Gasteiger charge is 2.51. The fourth-order valence-corrected chi connectivity index (χ4v) is 13.2. The highest BCUT2D eigenvalue weighted by molar-refractivity contribution is 6.23. The zero-order valence-electron chi connectivity index (χ0n) is 39.8. The Morgan fingerprint density at radius 3 is 1.30 bits per heavy atom. The molecule has 0 N–H and O–H groups in total. The lowest BCUT2D eigenvalue weighted by atomic mass is 9.70. The van der Waals surface area contributed by atoms with Crippen molar-refractivity contribution in [3.8, 4) is 66.9 Å². The van der Waals surface area contributed by atoms with Gasteiger partial charge in [-0.05, 0) is 163 Å². The van der Waals surface area contributed by atoms with Crippen molar-refractivity contribution in [2.24, 2.45) is 0 Å². The average molecular weight is 922 g/mol. The molecule has 0 unspecified atom stereocenters. The second-order valence-electron chi connectivity index (χ2n) is 20.1. The summed E-state index contributed by atoms with van der Waals surface area (Å²) in [5.41, 5.74) is 20.6. The van der Waals surface area contributed by atoms with Crippen molar-refractivity contribution in [2.45, 2.75) is 5.41 Å². The van der Waals surface area contributed by atoms with Gasteiger partial charge in [0, 0.05) is 16.3 Å². The molecule has 0 fully saturated rings. The van der Waals surface area contributed by atoms with Crippen molar-refractivity contribution >= 4 is 64.8 Å². The summed E-state index contributed by atoms with van der Waals surface area (Å²) >= 11 is 0. The summed E-state index contributed by atoms with van der Waals surface area (Å²) in [6.45, 7) is 0. The number of aromatic nitrogens is 1. The summed E-state index contributed by atoms with van der Waals surface area (Å²) in [5.74, 6) is 0. The molecule has 0 radical (unpaired) electrons. The minimum Gasteiger partial charge on any atom is -0.247 e. The molecule has 1 nitrogen and oxygen atoms in total. The molecule has 0 bridgehead atoms. The van der Waals surface area contributed by atoms with Gasteiger partial charge >= 0.3 is 0 Å². The molecular formula is C72H43N. The third-order valence-electron chi connectivity index (χ3n) is 16.4. The first-order valence-corrected chi connectivity index (χ1v) is 25.4. The summed E-state index contributed by atoms with van der Waals surface area (Å²) in [7, 11) is 0. The lowest BCUT2D eigenvalue weighted by molar-refractivity contribution is 0.795. The van der Waals surface area contributed by atoms with E-state index in [4.69, 9.17) is 4.98 Å². The maximum atomic E-state index is 5.51. The Hall–Kier alpha value is -9.43. The van der Waals surface area contributed by atoms with Crippen molar-refractivity contribution in [2.75, 3.05) is 0 Å². The van der Waals surface area contributed by atoms with E-state index in [9.17, 15) is 0 Å². The van der Waals surface area contributed by atoms with E-state index in [1.165, 1.54) is 126 Å². The van der Waals surface area contributed by atoms with Crippen LogP contribution in [0.1, 0.15) is 22.3 Å². The normalized spacial score (nSPS) is 13.0. The van der Waals surface area contributed by atoms with E-state index >= 15 is 0 Å². The van der Waals surface area contributed by atoms with Gasteiger partial charge in [-0.3, -0.25) is 0 Å². The van der Waals surface area contributed by atoms with E-state index in [0.29, 0.717) is 0 Å². The van der Waals surface area contributed by atoms with Crippen LogP contribution < -0.4 is 0 Å². The molecule has 1 heteroatoms. The average Bonchev–Trinajstić information content (AvgIpc) is 3.93. The largest absolute Gasteiger partial charge is 0.247 e. The third-order valence-corrected chi connectivity index (χ3v) is 16.4. The van der Waals surface area contributed by atoms with Gasteiger partial charge in [-0.1, -0.05) is 224 Å². The van der Waals surface area contributed by atoms with Crippen LogP contribution in [0.5, 0.6) is 0 Å². The number of benzene rings is 13. The van der Waals surface area contributed by atoms with E-state index in [1.54, 1.807) is 0 Å². The van der Waals surface area contributed by atoms with Gasteiger partial charge < -0.3 is 0 Å². The summed E-state index contributed by atoms with van der Waals surface area (Å²) < 4.78 is 0. The first-order valence-electron chi connectivity index (χ1n) is 25.4. The number of nitrogens with zero attached hydrogens (tertiary/aromatic N) is 1. The van der Waals surface area contributed by atoms with Crippen LogP contribution in [-0.4, -0.2) is 4.98 Å². The smallest absolute Gasteiger partial charge is 0.0788 e. The monoisotopic (exact) mass is 921 g/mol. The van der Waals surface area contributed by atoms with Crippen LogP contribution >= 0.6 is 0 Å². The number of hydrogen-bond acceptors (Lipinski definition) is 1. The Bertz CT molecular complexity index is 4630. The van der Waals surface area contributed by atoms with Crippen molar-refractivity contribution in [3.63, 3.8) is 0 Å². The van der Waals surface area contributed by atoms with Gasteiger partial charge in [-0.25, -0.2) is 4.98 Å². The van der Waals surface area contributed by atoms with Crippen molar-refractivity contribution < 1.29 is 0 Å². The molecule has 1 aromatic heterocycles. The van der Waals surface area contributed by atoms with Crippen molar-refractivity contribution in [1.82, 2.24) is 4.98 Å². The Morgan fingerprint density at radius 2 is 0.685 bits per heavy atom. The Labute approximate surface area is 422 Å². The molecule has 1 heterocycles. The summed E-state index contributed by atoms with van der Waals surface area (Å²) in [6.07, 6.45) is 0. The van der Waals surface area contributed by atoms with Crippen LogP contribution in [0.3, 0.4) is 0 Å². The predicted octanol–water partition coefficient (Wildman–Crippen LogP) is 19.0. The number of hydrogen-bond donors (Lipinski definition) is 0. The summed E-state index contributed by atoms with van der Waals surface area (Å²) in [6, 6.07) is 97.4. The fraction of sp³-hybridized carbons (Fsp3) is 0.0139. The lowest BCUT2D eigenvalue weighted by Gasteiger charge is -2.30. The van der Waals surface area contributed by atoms with Crippen LogP contribution in [0.2, 0.25) is 0 Å². The highest BCUT2D eigenvalue weighted by atomic mass is 14.7. The van der Waals surface area contributed by atoms with Crippen LogP contribution in [0.25, 0.3) is 132 Å². The number of rotatable bonds is 4. The molecule has 0 aliphatic heterocycles. The Balaban J connectivity index is 0.892. The molecule has 2 aliphatic rings. The molecule has 0 atom stereocenters. The van der Waals surface area contributed by atoms with E-state index in [2.05, 4.69) is 261 Å². The van der Waals surface area contributed by atoms with Gasteiger partial charge in [0.15, 0.2) is 0 Å². The lowest BCUT2D eigenvalue weighted by Crippen LogP contribution is -2.25. The van der Waals surface area contributed by atoms with Crippen LogP contribution in [0, 0.1) is 0 Å². The first-order chi connectivity index (χ1) is 36.2. The van der Waals surface area contributed by atoms with Gasteiger partial charge in [0.05, 0.1) is 16.6 Å². The molecule has 0 saturated heterocycles. The summed E-state index contributed by atoms with van der Waals surface area (Å²) in [4.78, 5) is 5.51. The van der Waals surface area contributed by atoms with E-state index in [-0.39, 0.29) is 0 Å². The molecule has 73 heavy (non-hydrogen) atoms. The minimum atomic E-state index is -0.421. The number of para-hydroxylation sites is 1. The molecule has 16 rings (SSSR count). The maximum Gasteiger partial charge on any atom is 0.0788 e. The highest BCUT2D eigenvalue weighted by Crippen LogP contribution is 2.63.